The largest absolute Gasteiger partial charge is 0.289 e. The van der Waals surface area contributed by atoms with Crippen LogP contribution in [0.5, 0.6) is 0 Å². The summed E-state index contributed by atoms with van der Waals surface area (Å²) in [6, 6.07) is 13.8. The molecule has 0 spiro atoms. The highest BCUT2D eigenvalue weighted by Crippen LogP contribution is 2.36. The van der Waals surface area contributed by atoms with Crippen molar-refractivity contribution in [2.45, 2.75) is 6.92 Å². The van der Waals surface area contributed by atoms with Gasteiger partial charge in [-0.1, -0.05) is 42.0 Å². The number of hydrogen-bond acceptors (Lipinski definition) is 1. The maximum Gasteiger partial charge on any atom is 0.194 e. The zero-order valence-corrected chi connectivity index (χ0v) is 8.45. The molecule has 0 aliphatic heterocycles. The van der Waals surface area contributed by atoms with Crippen molar-refractivity contribution >= 4 is 5.78 Å². The molecule has 0 radical (unpaired) electrons. The van der Waals surface area contributed by atoms with Crippen LogP contribution in [0, 0.1) is 6.92 Å². The van der Waals surface area contributed by atoms with Crippen LogP contribution in [-0.4, -0.2) is 5.78 Å². The van der Waals surface area contributed by atoms with Crippen LogP contribution in [0.2, 0.25) is 0 Å². The molecule has 0 heterocycles. The van der Waals surface area contributed by atoms with E-state index in [-0.39, 0.29) is 5.78 Å². The first-order chi connectivity index (χ1) is 7.27. The fourth-order valence-electron chi connectivity index (χ4n) is 2.14. The first-order valence-corrected chi connectivity index (χ1v) is 5.02. The summed E-state index contributed by atoms with van der Waals surface area (Å²) in [6.07, 6.45) is 0. The van der Waals surface area contributed by atoms with Crippen LogP contribution in [0.25, 0.3) is 11.1 Å². The Kier molecular flexibility index (Phi) is 1.57. The van der Waals surface area contributed by atoms with Gasteiger partial charge in [0.15, 0.2) is 5.78 Å². The average Bonchev–Trinajstić information content (AvgIpc) is 2.54. The smallest absolute Gasteiger partial charge is 0.194 e. The van der Waals surface area contributed by atoms with Crippen molar-refractivity contribution in [3.63, 3.8) is 0 Å². The fourth-order valence-corrected chi connectivity index (χ4v) is 2.14. The number of benzene rings is 2. The number of carbonyl (C=O) groups excluding carboxylic acids is 1. The van der Waals surface area contributed by atoms with Crippen LogP contribution in [0.1, 0.15) is 21.5 Å². The molecule has 15 heavy (non-hydrogen) atoms. The van der Waals surface area contributed by atoms with Crippen LogP contribution in [0.4, 0.5) is 0 Å². The maximum absolute atomic E-state index is 12.0. The van der Waals surface area contributed by atoms with Crippen molar-refractivity contribution in [3.8, 4) is 11.1 Å². The van der Waals surface area contributed by atoms with Gasteiger partial charge in [0.1, 0.15) is 0 Å². The number of ketones is 1. The zero-order chi connectivity index (χ0) is 10.4. The van der Waals surface area contributed by atoms with Gasteiger partial charge in [0.2, 0.25) is 0 Å². The van der Waals surface area contributed by atoms with Crippen LogP contribution in [0.3, 0.4) is 0 Å². The second-order valence-electron chi connectivity index (χ2n) is 3.92. The van der Waals surface area contributed by atoms with Crippen LogP contribution in [-0.2, 0) is 0 Å². The summed E-state index contributed by atoms with van der Waals surface area (Å²) in [7, 11) is 0. The van der Waals surface area contributed by atoms with E-state index in [1.165, 1.54) is 0 Å². The second-order valence-corrected chi connectivity index (χ2v) is 3.92. The van der Waals surface area contributed by atoms with Gasteiger partial charge in [-0.15, -0.1) is 0 Å². The van der Waals surface area contributed by atoms with E-state index in [1.54, 1.807) is 0 Å². The lowest BCUT2D eigenvalue weighted by atomic mass is 10.0. The molecule has 1 heteroatoms. The molecule has 0 saturated heterocycles. The van der Waals surface area contributed by atoms with Crippen LogP contribution >= 0.6 is 0 Å². The standard InChI is InChI=1S/C14H10O/c1-9-6-7-11-10-4-2-3-5-12(10)14(15)13(11)8-9/h2-8H,1H3. The van der Waals surface area contributed by atoms with Crippen molar-refractivity contribution < 1.29 is 4.79 Å². The van der Waals surface area contributed by atoms with Crippen molar-refractivity contribution in [3.05, 3.63) is 59.2 Å². The Morgan fingerprint density at radius 2 is 1.47 bits per heavy atom. The van der Waals surface area contributed by atoms with Gasteiger partial charge in [0.05, 0.1) is 0 Å². The minimum absolute atomic E-state index is 0.157. The van der Waals surface area contributed by atoms with Gasteiger partial charge in [-0.2, -0.15) is 0 Å². The molecule has 0 aromatic heterocycles. The lowest BCUT2D eigenvalue weighted by Crippen LogP contribution is -1.94. The quantitative estimate of drug-likeness (QED) is 0.537. The predicted octanol–water partition coefficient (Wildman–Crippen LogP) is 3.21. The van der Waals surface area contributed by atoms with E-state index in [0.717, 1.165) is 27.8 Å². The highest BCUT2D eigenvalue weighted by molar-refractivity contribution is 6.21. The van der Waals surface area contributed by atoms with Crippen molar-refractivity contribution in [1.29, 1.82) is 0 Å². The predicted molar refractivity (Wildman–Crippen MR) is 60.0 cm³/mol. The van der Waals surface area contributed by atoms with Crippen molar-refractivity contribution in [1.82, 2.24) is 0 Å². The summed E-state index contributed by atoms with van der Waals surface area (Å²) in [5.41, 5.74) is 4.95. The van der Waals surface area contributed by atoms with Gasteiger partial charge in [0.25, 0.3) is 0 Å². The summed E-state index contributed by atoms with van der Waals surface area (Å²) >= 11 is 0. The molecule has 0 atom stereocenters. The fraction of sp³-hybridized carbons (Fsp3) is 0.0714. The van der Waals surface area contributed by atoms with Gasteiger partial charge in [-0.3, -0.25) is 4.79 Å². The number of carbonyl (C=O) groups is 1. The molecule has 0 fully saturated rings. The topological polar surface area (TPSA) is 17.1 Å². The Bertz CT molecular complexity index is 567. The molecule has 3 rings (SSSR count). The van der Waals surface area contributed by atoms with E-state index in [1.807, 2.05) is 49.4 Å². The molecule has 0 bridgehead atoms. The Hall–Kier alpha value is -1.89. The van der Waals surface area contributed by atoms with E-state index < -0.39 is 0 Å². The highest BCUT2D eigenvalue weighted by Gasteiger charge is 2.25. The molecule has 0 saturated carbocycles. The van der Waals surface area contributed by atoms with Gasteiger partial charge >= 0.3 is 0 Å². The third-order valence-corrected chi connectivity index (χ3v) is 2.88. The Labute approximate surface area is 88.4 Å². The number of hydrogen-bond donors (Lipinski definition) is 0. The maximum atomic E-state index is 12.0. The van der Waals surface area contributed by atoms with E-state index in [0.29, 0.717) is 0 Å². The van der Waals surface area contributed by atoms with E-state index in [4.69, 9.17) is 0 Å². The Morgan fingerprint density at radius 3 is 2.27 bits per heavy atom. The van der Waals surface area contributed by atoms with Crippen LogP contribution < -0.4 is 0 Å². The first kappa shape index (κ1) is 8.42. The summed E-state index contributed by atoms with van der Waals surface area (Å²) in [6.45, 7) is 2.01. The van der Waals surface area contributed by atoms with Gasteiger partial charge in [-0.05, 0) is 24.1 Å². The summed E-state index contributed by atoms with van der Waals surface area (Å²) in [5, 5.41) is 0. The number of fused-ring (bicyclic) bond motifs is 3. The van der Waals surface area contributed by atoms with Gasteiger partial charge in [-0.25, -0.2) is 0 Å². The van der Waals surface area contributed by atoms with Crippen LogP contribution in [0.15, 0.2) is 42.5 Å². The summed E-state index contributed by atoms with van der Waals surface area (Å²) in [5.74, 6) is 0.157. The molecular formula is C14H10O. The third-order valence-electron chi connectivity index (χ3n) is 2.88. The van der Waals surface area contributed by atoms with Crippen molar-refractivity contribution in [2.24, 2.45) is 0 Å². The summed E-state index contributed by atoms with van der Waals surface area (Å²) < 4.78 is 0. The first-order valence-electron chi connectivity index (χ1n) is 5.02. The SMILES string of the molecule is Cc1ccc2c(c1)C(=O)c1ccccc1-2. The Morgan fingerprint density at radius 1 is 0.800 bits per heavy atom. The lowest BCUT2D eigenvalue weighted by Gasteiger charge is -1.99. The second kappa shape index (κ2) is 2.80. The van der Waals surface area contributed by atoms with E-state index in [2.05, 4.69) is 0 Å². The van der Waals surface area contributed by atoms with E-state index >= 15 is 0 Å². The number of rotatable bonds is 0. The molecule has 2 aromatic carbocycles. The molecule has 0 N–H and O–H groups in total. The summed E-state index contributed by atoms with van der Waals surface area (Å²) in [4.78, 5) is 12.0. The minimum Gasteiger partial charge on any atom is -0.289 e. The normalized spacial score (nSPS) is 12.5. The van der Waals surface area contributed by atoms with E-state index in [9.17, 15) is 4.79 Å². The zero-order valence-electron chi connectivity index (χ0n) is 8.45. The molecule has 1 aliphatic rings. The highest BCUT2D eigenvalue weighted by atomic mass is 16.1. The van der Waals surface area contributed by atoms with Gasteiger partial charge in [0, 0.05) is 11.1 Å². The molecule has 1 aliphatic carbocycles. The number of aryl methyl sites for hydroxylation is 1. The average molecular weight is 194 g/mol. The molecular weight excluding hydrogens is 184 g/mol. The lowest BCUT2D eigenvalue weighted by molar-refractivity contribution is 0.104. The molecule has 0 amide bonds. The third kappa shape index (κ3) is 1.06. The molecule has 72 valence electrons. The molecule has 2 aromatic rings. The minimum atomic E-state index is 0.157. The van der Waals surface area contributed by atoms with Gasteiger partial charge < -0.3 is 0 Å². The Balaban J connectivity index is 2.38. The van der Waals surface area contributed by atoms with Crippen molar-refractivity contribution in [2.75, 3.05) is 0 Å². The molecule has 0 unspecified atom stereocenters. The monoisotopic (exact) mass is 194 g/mol. The molecule has 1 nitrogen and oxygen atoms in total.